The van der Waals surface area contributed by atoms with Crippen molar-refractivity contribution in [3.63, 3.8) is 0 Å². The Bertz CT molecular complexity index is 599. The van der Waals surface area contributed by atoms with Crippen LogP contribution >= 0.6 is 15.9 Å². The summed E-state index contributed by atoms with van der Waals surface area (Å²) in [6, 6.07) is 11.0. The van der Waals surface area contributed by atoms with Crippen molar-refractivity contribution >= 4 is 15.9 Å². The summed E-state index contributed by atoms with van der Waals surface area (Å²) in [5.74, 6) is 1.69. The molecular weight excluding hydrogens is 334 g/mol. The second-order valence-corrected chi connectivity index (χ2v) is 5.42. The van der Waals surface area contributed by atoms with Gasteiger partial charge in [-0.2, -0.15) is 0 Å². The summed E-state index contributed by atoms with van der Waals surface area (Å²) in [6.07, 6.45) is 0. The molecule has 0 heterocycles. The Hall–Kier alpha value is -1.72. The van der Waals surface area contributed by atoms with Crippen molar-refractivity contribution in [1.82, 2.24) is 5.32 Å². The Labute approximate surface area is 132 Å². The molecule has 0 unspecified atom stereocenters. The standard InChI is InChI=1S/C16H18BrNO3/c1-20-15-7-12(14(17)8-16(15)21-2)10-18-9-11-3-5-13(19)6-4-11/h3-8,18-19H,9-10H2,1-2H3. The van der Waals surface area contributed by atoms with Crippen molar-refractivity contribution in [3.8, 4) is 17.2 Å². The quantitative estimate of drug-likeness (QED) is 0.836. The highest BCUT2D eigenvalue weighted by Gasteiger charge is 2.09. The molecule has 0 bridgehead atoms. The van der Waals surface area contributed by atoms with Crippen LogP contribution in [0.1, 0.15) is 11.1 Å². The first-order chi connectivity index (χ1) is 10.1. The van der Waals surface area contributed by atoms with Crippen molar-refractivity contribution in [2.24, 2.45) is 0 Å². The van der Waals surface area contributed by atoms with Gasteiger partial charge in [0.15, 0.2) is 11.5 Å². The average Bonchev–Trinajstić information content (AvgIpc) is 2.50. The van der Waals surface area contributed by atoms with Gasteiger partial charge in [0.1, 0.15) is 5.75 Å². The second-order valence-electron chi connectivity index (χ2n) is 4.57. The number of hydrogen-bond acceptors (Lipinski definition) is 4. The first-order valence-electron chi connectivity index (χ1n) is 6.53. The minimum Gasteiger partial charge on any atom is -0.508 e. The van der Waals surface area contributed by atoms with Crippen LogP contribution in [-0.2, 0) is 13.1 Å². The topological polar surface area (TPSA) is 50.7 Å². The highest BCUT2D eigenvalue weighted by atomic mass is 79.9. The number of phenolic OH excluding ortho intramolecular Hbond substituents is 1. The predicted molar refractivity (Wildman–Crippen MR) is 85.9 cm³/mol. The molecule has 2 N–H and O–H groups in total. The van der Waals surface area contributed by atoms with Crippen molar-refractivity contribution in [2.75, 3.05) is 14.2 Å². The van der Waals surface area contributed by atoms with Gasteiger partial charge in [0.05, 0.1) is 14.2 Å². The van der Waals surface area contributed by atoms with Crippen LogP contribution in [-0.4, -0.2) is 19.3 Å². The molecule has 5 heteroatoms. The maximum atomic E-state index is 9.25. The zero-order valence-electron chi connectivity index (χ0n) is 12.0. The van der Waals surface area contributed by atoms with Crippen molar-refractivity contribution in [3.05, 3.63) is 52.0 Å². The third-order valence-corrected chi connectivity index (χ3v) is 3.87. The van der Waals surface area contributed by atoms with E-state index in [-0.39, 0.29) is 5.75 Å². The molecule has 112 valence electrons. The van der Waals surface area contributed by atoms with Gasteiger partial charge in [-0.15, -0.1) is 0 Å². The molecule has 0 aromatic heterocycles. The molecule has 21 heavy (non-hydrogen) atoms. The van der Waals surface area contributed by atoms with Crippen LogP contribution in [0.2, 0.25) is 0 Å². The zero-order valence-corrected chi connectivity index (χ0v) is 13.6. The number of methoxy groups -OCH3 is 2. The van der Waals surface area contributed by atoms with Gasteiger partial charge in [0, 0.05) is 17.6 Å². The van der Waals surface area contributed by atoms with Gasteiger partial charge in [-0.25, -0.2) is 0 Å². The second kappa shape index (κ2) is 7.33. The van der Waals surface area contributed by atoms with E-state index in [1.54, 1.807) is 26.4 Å². The summed E-state index contributed by atoms with van der Waals surface area (Å²) in [6.45, 7) is 1.42. The minimum absolute atomic E-state index is 0.279. The zero-order chi connectivity index (χ0) is 15.2. The Kier molecular flexibility index (Phi) is 5.47. The summed E-state index contributed by atoms with van der Waals surface area (Å²) in [5.41, 5.74) is 2.20. The number of halogens is 1. The van der Waals surface area contributed by atoms with Crippen LogP contribution in [0.3, 0.4) is 0 Å². The van der Waals surface area contributed by atoms with E-state index in [9.17, 15) is 5.11 Å². The Morgan fingerprint density at radius 1 is 1.00 bits per heavy atom. The molecule has 2 rings (SSSR count). The van der Waals surface area contributed by atoms with Gasteiger partial charge in [0.25, 0.3) is 0 Å². The van der Waals surface area contributed by atoms with Crippen molar-refractivity contribution in [2.45, 2.75) is 13.1 Å². The Morgan fingerprint density at radius 3 is 2.24 bits per heavy atom. The van der Waals surface area contributed by atoms with Gasteiger partial charge in [0.2, 0.25) is 0 Å². The molecule has 0 saturated carbocycles. The highest BCUT2D eigenvalue weighted by molar-refractivity contribution is 9.10. The van der Waals surface area contributed by atoms with Crippen molar-refractivity contribution in [1.29, 1.82) is 0 Å². The van der Waals surface area contributed by atoms with Gasteiger partial charge >= 0.3 is 0 Å². The molecule has 0 aliphatic heterocycles. The van der Waals surface area contributed by atoms with Crippen molar-refractivity contribution < 1.29 is 14.6 Å². The number of nitrogens with one attached hydrogen (secondary N) is 1. The first-order valence-corrected chi connectivity index (χ1v) is 7.32. The molecule has 0 aliphatic rings. The third kappa shape index (κ3) is 4.12. The molecule has 0 radical (unpaired) electrons. The molecule has 0 spiro atoms. The number of aromatic hydroxyl groups is 1. The number of ether oxygens (including phenoxy) is 2. The first kappa shape index (κ1) is 15.7. The fourth-order valence-electron chi connectivity index (χ4n) is 1.99. The summed E-state index contributed by atoms with van der Waals surface area (Å²) in [7, 11) is 3.24. The van der Waals surface area contributed by atoms with E-state index in [1.165, 1.54) is 0 Å². The fourth-order valence-corrected chi connectivity index (χ4v) is 2.45. The number of phenols is 1. The lowest BCUT2D eigenvalue weighted by molar-refractivity contribution is 0.354. The molecule has 0 aliphatic carbocycles. The lowest BCUT2D eigenvalue weighted by atomic mass is 10.2. The van der Waals surface area contributed by atoms with Gasteiger partial charge < -0.3 is 19.9 Å². The van der Waals surface area contributed by atoms with E-state index >= 15 is 0 Å². The molecule has 0 saturated heterocycles. The fraction of sp³-hybridized carbons (Fsp3) is 0.250. The SMILES string of the molecule is COc1cc(Br)c(CNCc2ccc(O)cc2)cc1OC. The Balaban J connectivity index is 2.01. The summed E-state index contributed by atoms with van der Waals surface area (Å²) >= 11 is 3.54. The van der Waals surface area contributed by atoms with Crippen LogP contribution in [0, 0.1) is 0 Å². The summed E-state index contributed by atoms with van der Waals surface area (Å²) in [4.78, 5) is 0. The minimum atomic E-state index is 0.279. The molecule has 2 aromatic rings. The van der Waals surface area contributed by atoms with E-state index in [4.69, 9.17) is 9.47 Å². The van der Waals surface area contributed by atoms with E-state index in [0.29, 0.717) is 18.0 Å². The molecule has 0 amide bonds. The maximum Gasteiger partial charge on any atom is 0.161 e. The number of benzene rings is 2. The molecular formula is C16H18BrNO3. The van der Waals surface area contributed by atoms with Crippen LogP contribution in [0.4, 0.5) is 0 Å². The highest BCUT2D eigenvalue weighted by Crippen LogP contribution is 2.33. The largest absolute Gasteiger partial charge is 0.508 e. The predicted octanol–water partition coefficient (Wildman–Crippen LogP) is 3.46. The summed E-state index contributed by atoms with van der Waals surface area (Å²) < 4.78 is 11.5. The Morgan fingerprint density at radius 2 is 1.62 bits per heavy atom. The summed E-state index contributed by atoms with van der Waals surface area (Å²) in [5, 5.41) is 12.6. The lowest BCUT2D eigenvalue weighted by Crippen LogP contribution is -2.13. The smallest absolute Gasteiger partial charge is 0.161 e. The van der Waals surface area contributed by atoms with Gasteiger partial charge in [-0.3, -0.25) is 0 Å². The average molecular weight is 352 g/mol. The third-order valence-electron chi connectivity index (χ3n) is 3.13. The van der Waals surface area contributed by atoms with Crippen LogP contribution in [0.15, 0.2) is 40.9 Å². The lowest BCUT2D eigenvalue weighted by Gasteiger charge is -2.12. The van der Waals surface area contributed by atoms with E-state index in [1.807, 2.05) is 24.3 Å². The molecule has 4 nitrogen and oxygen atoms in total. The molecule has 2 aromatic carbocycles. The number of rotatable bonds is 6. The van der Waals surface area contributed by atoms with Crippen LogP contribution < -0.4 is 14.8 Å². The molecule has 0 atom stereocenters. The van der Waals surface area contributed by atoms with Gasteiger partial charge in [-0.1, -0.05) is 28.1 Å². The normalized spacial score (nSPS) is 10.4. The van der Waals surface area contributed by atoms with Crippen LogP contribution in [0.25, 0.3) is 0 Å². The van der Waals surface area contributed by atoms with Gasteiger partial charge in [-0.05, 0) is 35.4 Å². The maximum absolute atomic E-state index is 9.25. The van der Waals surface area contributed by atoms with E-state index < -0.39 is 0 Å². The van der Waals surface area contributed by atoms with E-state index in [2.05, 4.69) is 21.2 Å². The monoisotopic (exact) mass is 351 g/mol. The van der Waals surface area contributed by atoms with E-state index in [0.717, 1.165) is 22.1 Å². The number of hydrogen-bond donors (Lipinski definition) is 2. The van der Waals surface area contributed by atoms with Crippen LogP contribution in [0.5, 0.6) is 17.2 Å². The molecule has 0 fully saturated rings.